The maximum absolute atomic E-state index is 12.5. The normalized spacial score (nSPS) is 19.6. The van der Waals surface area contributed by atoms with Gasteiger partial charge in [-0.2, -0.15) is 0 Å². The number of aromatic amines is 1. The molecule has 3 rings (SSSR count). The van der Waals surface area contributed by atoms with E-state index in [9.17, 15) is 4.79 Å². The van der Waals surface area contributed by atoms with E-state index in [0.29, 0.717) is 11.5 Å². The van der Waals surface area contributed by atoms with Crippen molar-refractivity contribution in [2.75, 3.05) is 0 Å². The fourth-order valence-electron chi connectivity index (χ4n) is 3.63. The summed E-state index contributed by atoms with van der Waals surface area (Å²) < 4.78 is 0. The molecule has 1 heterocycles. The van der Waals surface area contributed by atoms with Crippen LogP contribution in [0.4, 0.5) is 0 Å². The quantitative estimate of drug-likeness (QED) is 0.350. The molecule has 1 aliphatic rings. The highest BCUT2D eigenvalue weighted by molar-refractivity contribution is 8.05. The molecule has 178 valence electrons. The monoisotopic (exact) mass is 464 g/mol. The molecule has 0 aliphatic heterocycles. The van der Waals surface area contributed by atoms with Crippen LogP contribution in [0.5, 0.6) is 0 Å². The van der Waals surface area contributed by atoms with Crippen LogP contribution in [0.3, 0.4) is 0 Å². The zero-order valence-corrected chi connectivity index (χ0v) is 21.3. The van der Waals surface area contributed by atoms with Crippen LogP contribution < -0.4 is 5.32 Å². The standard InChI is InChI=1S/C19H22N2O.C8H10S.C2H6.H2/c1-3-14-5-4-13(2)10-17(11-14)21-19(22)16-7-6-15-8-9-20-18(15)12-16;1-4-6-7-9-8(3)5-2;1-2;/h1,6-9,12-14,17,20H,4-5,10-11H2,2H3,(H,21,22);1,6-7H,3,5H2,2H3;1-2H3;1H/b;7-6-;;/t13-,14+,17-;;;/m0.../s1. The molecular weight excluding hydrogens is 424 g/mol. The number of benzene rings is 1. The third-order valence-corrected chi connectivity index (χ3v) is 6.34. The first-order valence-electron chi connectivity index (χ1n) is 11.8. The molecule has 0 spiro atoms. The van der Waals surface area contributed by atoms with Crippen molar-refractivity contribution in [3.05, 3.63) is 59.0 Å². The van der Waals surface area contributed by atoms with E-state index in [0.717, 1.165) is 47.9 Å². The first-order valence-corrected chi connectivity index (χ1v) is 12.6. The van der Waals surface area contributed by atoms with Crippen LogP contribution in [0.1, 0.15) is 71.6 Å². The molecule has 2 aromatic rings. The predicted molar refractivity (Wildman–Crippen MR) is 148 cm³/mol. The van der Waals surface area contributed by atoms with Gasteiger partial charge in [0.05, 0.1) is 0 Å². The molecule has 1 aromatic heterocycles. The minimum absolute atomic E-state index is 0. The van der Waals surface area contributed by atoms with Gasteiger partial charge in [0.15, 0.2) is 0 Å². The number of carbonyl (C=O) groups is 1. The summed E-state index contributed by atoms with van der Waals surface area (Å²) in [6, 6.07) is 7.93. The lowest BCUT2D eigenvalue weighted by Gasteiger charge is -2.20. The first kappa shape index (κ1) is 28.2. The lowest BCUT2D eigenvalue weighted by Crippen LogP contribution is -2.36. The highest BCUT2D eigenvalue weighted by atomic mass is 32.2. The van der Waals surface area contributed by atoms with Crippen LogP contribution in [0.2, 0.25) is 0 Å². The smallest absolute Gasteiger partial charge is 0.251 e. The lowest BCUT2D eigenvalue weighted by atomic mass is 9.98. The Morgan fingerprint density at radius 1 is 1.30 bits per heavy atom. The Morgan fingerprint density at radius 2 is 2.06 bits per heavy atom. The van der Waals surface area contributed by atoms with Gasteiger partial charge >= 0.3 is 0 Å². The number of hydrogen-bond donors (Lipinski definition) is 2. The van der Waals surface area contributed by atoms with Crippen LogP contribution in [0.25, 0.3) is 10.9 Å². The second-order valence-electron chi connectivity index (χ2n) is 7.95. The molecule has 0 bridgehead atoms. The van der Waals surface area contributed by atoms with Gasteiger partial charge < -0.3 is 10.3 Å². The predicted octanol–water partition coefficient (Wildman–Crippen LogP) is 7.79. The van der Waals surface area contributed by atoms with Gasteiger partial charge in [0.2, 0.25) is 0 Å². The van der Waals surface area contributed by atoms with Crippen molar-refractivity contribution in [1.29, 1.82) is 0 Å². The first-order chi connectivity index (χ1) is 16.0. The maximum atomic E-state index is 12.5. The summed E-state index contributed by atoms with van der Waals surface area (Å²) >= 11 is 1.58. The van der Waals surface area contributed by atoms with E-state index >= 15 is 0 Å². The van der Waals surface area contributed by atoms with Crippen molar-refractivity contribution in [3.63, 3.8) is 0 Å². The van der Waals surface area contributed by atoms with Crippen molar-refractivity contribution in [1.82, 2.24) is 10.3 Å². The number of carbonyl (C=O) groups excluding carboxylic acids is 1. The number of nitrogens with one attached hydrogen (secondary N) is 2. The molecule has 33 heavy (non-hydrogen) atoms. The molecule has 3 atom stereocenters. The maximum Gasteiger partial charge on any atom is 0.251 e. The number of fused-ring (bicyclic) bond motifs is 1. The number of thioether (sulfide) groups is 1. The van der Waals surface area contributed by atoms with Crippen LogP contribution >= 0.6 is 11.8 Å². The summed E-state index contributed by atoms with van der Waals surface area (Å²) in [6.07, 6.45) is 19.3. The number of hydrogen-bond acceptors (Lipinski definition) is 2. The fraction of sp³-hybridized carbons (Fsp3) is 0.414. The van der Waals surface area contributed by atoms with E-state index in [1.54, 1.807) is 17.8 Å². The van der Waals surface area contributed by atoms with Crippen LogP contribution in [-0.4, -0.2) is 16.9 Å². The Labute approximate surface area is 206 Å². The Morgan fingerprint density at radius 3 is 2.73 bits per heavy atom. The van der Waals surface area contributed by atoms with Crippen LogP contribution in [0.15, 0.2) is 53.4 Å². The topological polar surface area (TPSA) is 44.9 Å². The van der Waals surface area contributed by atoms with E-state index in [1.165, 1.54) is 0 Å². The number of rotatable bonds is 5. The number of allylic oxidation sites excluding steroid dienone is 2. The molecule has 1 aromatic carbocycles. The number of H-pyrrole nitrogens is 1. The average Bonchev–Trinajstić information content (AvgIpc) is 3.23. The Kier molecular flexibility index (Phi) is 13.6. The number of amides is 1. The van der Waals surface area contributed by atoms with E-state index in [-0.39, 0.29) is 19.3 Å². The van der Waals surface area contributed by atoms with E-state index < -0.39 is 0 Å². The summed E-state index contributed by atoms with van der Waals surface area (Å²) in [6.45, 7) is 12.1. The Hall–Kier alpha value is -2.82. The molecule has 4 heteroatoms. The van der Waals surface area contributed by atoms with Crippen molar-refractivity contribution < 1.29 is 6.22 Å². The zero-order valence-electron chi connectivity index (χ0n) is 20.5. The van der Waals surface area contributed by atoms with Gasteiger partial charge in [-0.15, -0.1) is 30.5 Å². The Bertz CT molecular complexity index is 995. The summed E-state index contributed by atoms with van der Waals surface area (Å²) in [7, 11) is 0. The largest absolute Gasteiger partial charge is 0.361 e. The third kappa shape index (κ3) is 10.1. The summed E-state index contributed by atoms with van der Waals surface area (Å²) in [4.78, 5) is 16.8. The molecule has 1 saturated carbocycles. The van der Waals surface area contributed by atoms with Crippen molar-refractivity contribution in [2.45, 2.75) is 65.8 Å². The second kappa shape index (κ2) is 15.9. The molecule has 0 unspecified atom stereocenters. The van der Waals surface area contributed by atoms with Gasteiger partial charge in [-0.1, -0.05) is 46.3 Å². The van der Waals surface area contributed by atoms with Crippen LogP contribution in [0, 0.1) is 36.5 Å². The molecule has 0 radical (unpaired) electrons. The molecule has 0 saturated heterocycles. The van der Waals surface area contributed by atoms with E-state index in [4.69, 9.17) is 12.8 Å². The van der Waals surface area contributed by atoms with Crippen molar-refractivity contribution in [3.8, 4) is 24.7 Å². The summed E-state index contributed by atoms with van der Waals surface area (Å²) in [5.41, 5.74) is 1.69. The highest BCUT2D eigenvalue weighted by Crippen LogP contribution is 2.27. The van der Waals surface area contributed by atoms with Gasteiger partial charge in [0.25, 0.3) is 5.91 Å². The molecule has 3 nitrogen and oxygen atoms in total. The zero-order chi connectivity index (χ0) is 24.6. The van der Waals surface area contributed by atoms with E-state index in [2.05, 4.69) is 42.6 Å². The molecule has 2 N–H and O–H groups in total. The molecular formula is C29H40N2OS. The van der Waals surface area contributed by atoms with Gasteiger partial charge in [0, 0.05) is 30.7 Å². The van der Waals surface area contributed by atoms with E-state index in [1.807, 2.05) is 49.7 Å². The van der Waals surface area contributed by atoms with Crippen LogP contribution in [-0.2, 0) is 0 Å². The third-order valence-electron chi connectivity index (χ3n) is 5.45. The van der Waals surface area contributed by atoms with Crippen molar-refractivity contribution >= 4 is 28.6 Å². The second-order valence-corrected chi connectivity index (χ2v) is 9.03. The summed E-state index contributed by atoms with van der Waals surface area (Å²) in [5.74, 6) is 6.15. The number of terminal acetylenes is 2. The molecule has 1 fully saturated rings. The van der Waals surface area contributed by atoms with Gasteiger partial charge in [-0.05, 0) is 78.0 Å². The SMILES string of the molecule is C#C/C=C\SC(=C)CC.C#C[C@@H]1CC[C@H](C)C[C@H](NC(=O)c2ccc3cc[nH]c3c2)C1.CC.[HH]. The summed E-state index contributed by atoms with van der Waals surface area (Å²) in [5, 5.41) is 6.16. The number of aromatic nitrogens is 1. The highest BCUT2D eigenvalue weighted by Gasteiger charge is 2.24. The van der Waals surface area contributed by atoms with Gasteiger partial charge in [-0.3, -0.25) is 4.79 Å². The van der Waals surface area contributed by atoms with Crippen molar-refractivity contribution in [2.24, 2.45) is 11.8 Å². The lowest BCUT2D eigenvalue weighted by molar-refractivity contribution is 0.0930. The average molecular weight is 465 g/mol. The minimum atomic E-state index is -0.00799. The molecule has 1 amide bonds. The Balaban J connectivity index is 0.000000776. The fourth-order valence-corrected chi connectivity index (χ4v) is 4.13. The van der Waals surface area contributed by atoms with Gasteiger partial charge in [0.1, 0.15) is 0 Å². The van der Waals surface area contributed by atoms with Gasteiger partial charge in [-0.25, -0.2) is 0 Å². The minimum Gasteiger partial charge on any atom is -0.361 e. The molecule has 1 aliphatic carbocycles.